The highest BCUT2D eigenvalue weighted by molar-refractivity contribution is 7.88. The Balaban J connectivity index is 1.39. The molecule has 162 valence electrons. The molecule has 8 nitrogen and oxygen atoms in total. The maximum atomic E-state index is 12.5. The van der Waals surface area contributed by atoms with Crippen LogP contribution in [0.25, 0.3) is 10.6 Å². The third-order valence-electron chi connectivity index (χ3n) is 4.67. The Bertz CT molecular complexity index is 1160. The lowest BCUT2D eigenvalue weighted by Gasteiger charge is -2.26. The van der Waals surface area contributed by atoms with Crippen LogP contribution in [-0.4, -0.2) is 55.1 Å². The summed E-state index contributed by atoms with van der Waals surface area (Å²) in [5, 5.41) is 12.5. The summed E-state index contributed by atoms with van der Waals surface area (Å²) < 4.78 is 31.7. The van der Waals surface area contributed by atoms with Crippen LogP contribution >= 0.6 is 22.9 Å². The van der Waals surface area contributed by atoms with Gasteiger partial charge < -0.3 is 4.74 Å². The van der Waals surface area contributed by atoms with Gasteiger partial charge in [0.25, 0.3) is 5.91 Å². The van der Waals surface area contributed by atoms with E-state index in [1.54, 1.807) is 36.4 Å². The zero-order valence-corrected chi connectivity index (χ0v) is 18.7. The van der Waals surface area contributed by atoms with Crippen molar-refractivity contribution in [3.63, 3.8) is 0 Å². The van der Waals surface area contributed by atoms with Crippen molar-refractivity contribution >= 4 is 44.0 Å². The molecule has 0 unspecified atom stereocenters. The third-order valence-corrected chi connectivity index (χ3v) is 7.66. The molecule has 1 saturated heterocycles. The standard InChI is InChI=1S/C20H19ClN4O4S2/c21-17-7-5-16(6-8-17)19-23-24-20(30-19)22-18(26)15-3-1-14(2-4-15)13-31(27,28)25-9-11-29-12-10-25/h1-8H,9-13H2,(H,22,24,26). The summed E-state index contributed by atoms with van der Waals surface area (Å²) in [5.74, 6) is -0.461. The number of carbonyl (C=O) groups excluding carboxylic acids is 1. The van der Waals surface area contributed by atoms with Crippen LogP contribution < -0.4 is 5.32 Å². The fraction of sp³-hybridized carbons (Fsp3) is 0.250. The van der Waals surface area contributed by atoms with Crippen LogP contribution in [0.1, 0.15) is 15.9 Å². The number of amides is 1. The van der Waals surface area contributed by atoms with Crippen LogP contribution in [0.4, 0.5) is 5.13 Å². The van der Waals surface area contributed by atoms with Gasteiger partial charge in [0.15, 0.2) is 0 Å². The Morgan fingerprint density at radius 3 is 2.42 bits per heavy atom. The first-order valence-electron chi connectivity index (χ1n) is 9.46. The van der Waals surface area contributed by atoms with E-state index in [0.717, 1.165) is 5.56 Å². The van der Waals surface area contributed by atoms with Gasteiger partial charge in [-0.1, -0.05) is 47.2 Å². The molecule has 1 amide bonds. The Hall–Kier alpha value is -2.37. The Morgan fingerprint density at radius 2 is 1.74 bits per heavy atom. The van der Waals surface area contributed by atoms with Gasteiger partial charge in [-0.25, -0.2) is 8.42 Å². The number of morpholine rings is 1. The first-order chi connectivity index (χ1) is 14.9. The summed E-state index contributed by atoms with van der Waals surface area (Å²) in [6.45, 7) is 1.54. The van der Waals surface area contributed by atoms with Gasteiger partial charge in [-0.2, -0.15) is 4.31 Å². The lowest BCUT2D eigenvalue weighted by Crippen LogP contribution is -2.41. The van der Waals surface area contributed by atoms with Crippen molar-refractivity contribution in [2.24, 2.45) is 0 Å². The summed E-state index contributed by atoms with van der Waals surface area (Å²) in [6.07, 6.45) is 0. The van der Waals surface area contributed by atoms with E-state index in [9.17, 15) is 13.2 Å². The average Bonchev–Trinajstić information content (AvgIpc) is 3.23. The molecular weight excluding hydrogens is 460 g/mol. The molecule has 0 bridgehead atoms. The fourth-order valence-electron chi connectivity index (χ4n) is 3.03. The fourth-order valence-corrected chi connectivity index (χ4v) is 5.40. The smallest absolute Gasteiger partial charge is 0.257 e. The zero-order valence-electron chi connectivity index (χ0n) is 16.3. The third kappa shape index (κ3) is 5.46. The first kappa shape index (κ1) is 21.8. The molecule has 2 heterocycles. The second-order valence-corrected chi connectivity index (χ2v) is 10.2. The van der Waals surface area contributed by atoms with Crippen molar-refractivity contribution in [2.45, 2.75) is 5.75 Å². The molecule has 0 saturated carbocycles. The maximum Gasteiger partial charge on any atom is 0.257 e. The average molecular weight is 479 g/mol. The number of nitrogens with one attached hydrogen (secondary N) is 1. The van der Waals surface area contributed by atoms with E-state index in [0.29, 0.717) is 52.6 Å². The Morgan fingerprint density at radius 1 is 1.06 bits per heavy atom. The van der Waals surface area contributed by atoms with E-state index in [1.807, 2.05) is 12.1 Å². The predicted octanol–water partition coefficient (Wildman–Crippen LogP) is 3.27. The molecule has 3 aromatic rings. The number of anilines is 1. The van der Waals surface area contributed by atoms with Crippen molar-refractivity contribution in [1.29, 1.82) is 0 Å². The van der Waals surface area contributed by atoms with Gasteiger partial charge in [0.05, 0.1) is 19.0 Å². The van der Waals surface area contributed by atoms with Gasteiger partial charge in [-0.3, -0.25) is 10.1 Å². The summed E-state index contributed by atoms with van der Waals surface area (Å²) in [6, 6.07) is 13.7. The predicted molar refractivity (Wildman–Crippen MR) is 120 cm³/mol. The minimum absolute atomic E-state index is 0.115. The number of ether oxygens (including phenoxy) is 1. The molecule has 31 heavy (non-hydrogen) atoms. The van der Waals surface area contributed by atoms with Crippen molar-refractivity contribution in [2.75, 3.05) is 31.6 Å². The highest BCUT2D eigenvalue weighted by Crippen LogP contribution is 2.27. The van der Waals surface area contributed by atoms with Crippen molar-refractivity contribution in [3.05, 3.63) is 64.7 Å². The van der Waals surface area contributed by atoms with E-state index in [2.05, 4.69) is 15.5 Å². The number of halogens is 1. The number of hydrogen-bond donors (Lipinski definition) is 1. The van der Waals surface area contributed by atoms with E-state index >= 15 is 0 Å². The van der Waals surface area contributed by atoms with Crippen molar-refractivity contribution in [3.8, 4) is 10.6 Å². The molecule has 0 aliphatic carbocycles. The van der Waals surface area contributed by atoms with Gasteiger partial charge in [0.2, 0.25) is 15.2 Å². The lowest BCUT2D eigenvalue weighted by molar-refractivity contribution is 0.0729. The number of sulfonamides is 1. The SMILES string of the molecule is O=C(Nc1nnc(-c2ccc(Cl)cc2)s1)c1ccc(CS(=O)(=O)N2CCOCC2)cc1. The minimum atomic E-state index is -3.42. The summed E-state index contributed by atoms with van der Waals surface area (Å²) >= 11 is 7.15. The van der Waals surface area contributed by atoms with Crippen molar-refractivity contribution in [1.82, 2.24) is 14.5 Å². The highest BCUT2D eigenvalue weighted by atomic mass is 35.5. The molecule has 1 aromatic heterocycles. The van der Waals surface area contributed by atoms with Gasteiger partial charge in [-0.05, 0) is 29.8 Å². The second-order valence-electron chi connectivity index (χ2n) is 6.84. The molecule has 4 rings (SSSR count). The Labute approximate surface area is 188 Å². The monoisotopic (exact) mass is 478 g/mol. The summed E-state index contributed by atoms with van der Waals surface area (Å²) in [7, 11) is -3.42. The largest absolute Gasteiger partial charge is 0.379 e. The van der Waals surface area contributed by atoms with E-state index in [4.69, 9.17) is 16.3 Å². The van der Waals surface area contributed by atoms with E-state index < -0.39 is 10.0 Å². The quantitative estimate of drug-likeness (QED) is 0.583. The highest BCUT2D eigenvalue weighted by Gasteiger charge is 2.24. The topological polar surface area (TPSA) is 101 Å². The van der Waals surface area contributed by atoms with Gasteiger partial charge in [0.1, 0.15) is 5.01 Å². The van der Waals surface area contributed by atoms with Crippen molar-refractivity contribution < 1.29 is 17.9 Å². The number of hydrogen-bond acceptors (Lipinski definition) is 7. The molecule has 0 radical (unpaired) electrons. The molecule has 1 fully saturated rings. The zero-order chi connectivity index (χ0) is 21.8. The van der Waals surface area contributed by atoms with Crippen LogP contribution in [0, 0.1) is 0 Å². The Kier molecular flexibility index (Phi) is 6.63. The molecule has 1 aliphatic heterocycles. The van der Waals surface area contributed by atoms with Crippen LogP contribution in [0.3, 0.4) is 0 Å². The number of carbonyl (C=O) groups is 1. The first-order valence-corrected chi connectivity index (χ1v) is 12.3. The van der Waals surface area contributed by atoms with Gasteiger partial charge in [-0.15, -0.1) is 10.2 Å². The normalized spacial score (nSPS) is 15.0. The van der Waals surface area contributed by atoms with Crippen LogP contribution in [0.15, 0.2) is 48.5 Å². The molecule has 2 aromatic carbocycles. The van der Waals surface area contributed by atoms with Crippen LogP contribution in [0.2, 0.25) is 5.02 Å². The molecule has 0 atom stereocenters. The molecule has 11 heteroatoms. The molecule has 1 N–H and O–H groups in total. The number of nitrogens with zero attached hydrogens (tertiary/aromatic N) is 3. The number of rotatable bonds is 6. The molecule has 0 spiro atoms. The number of aromatic nitrogens is 2. The molecular formula is C20H19ClN4O4S2. The van der Waals surface area contributed by atoms with Gasteiger partial charge >= 0.3 is 0 Å². The summed E-state index contributed by atoms with van der Waals surface area (Å²) in [4.78, 5) is 12.5. The maximum absolute atomic E-state index is 12.5. The minimum Gasteiger partial charge on any atom is -0.379 e. The van der Waals surface area contributed by atoms with Crippen LogP contribution in [0.5, 0.6) is 0 Å². The lowest BCUT2D eigenvalue weighted by atomic mass is 10.1. The van der Waals surface area contributed by atoms with Crippen LogP contribution in [-0.2, 0) is 20.5 Å². The van der Waals surface area contributed by atoms with Gasteiger partial charge in [0, 0.05) is 29.2 Å². The summed E-state index contributed by atoms with van der Waals surface area (Å²) in [5.41, 5.74) is 1.87. The number of benzene rings is 2. The van der Waals surface area contributed by atoms with E-state index in [1.165, 1.54) is 15.6 Å². The second kappa shape index (κ2) is 9.41. The molecule has 1 aliphatic rings. The van der Waals surface area contributed by atoms with E-state index in [-0.39, 0.29) is 11.7 Å².